The van der Waals surface area contributed by atoms with E-state index in [0.29, 0.717) is 13.1 Å². The van der Waals surface area contributed by atoms with Crippen molar-refractivity contribution < 1.29 is 9.59 Å². The normalized spacial score (nSPS) is 18.5. The minimum absolute atomic E-state index is 0.0643. The summed E-state index contributed by atoms with van der Waals surface area (Å²) in [6, 6.07) is 7.71. The first-order valence-electron chi connectivity index (χ1n) is 8.41. The minimum atomic E-state index is 0.0643. The van der Waals surface area contributed by atoms with Crippen LogP contribution in [0.2, 0.25) is 0 Å². The quantitative estimate of drug-likeness (QED) is 0.855. The van der Waals surface area contributed by atoms with Crippen LogP contribution in [0.1, 0.15) is 29.6 Å². The van der Waals surface area contributed by atoms with E-state index in [9.17, 15) is 9.59 Å². The summed E-state index contributed by atoms with van der Waals surface area (Å²) in [7, 11) is 3.94. The number of rotatable bonds is 3. The van der Waals surface area contributed by atoms with E-state index in [1.165, 1.54) is 0 Å². The highest BCUT2D eigenvalue weighted by Gasteiger charge is 2.34. The summed E-state index contributed by atoms with van der Waals surface area (Å²) in [5, 5.41) is 0. The minimum Gasteiger partial charge on any atom is -0.378 e. The van der Waals surface area contributed by atoms with Crippen LogP contribution in [0.5, 0.6) is 0 Å². The Balaban J connectivity index is 1.65. The molecular formula is C18H25N3O2. The van der Waals surface area contributed by atoms with E-state index in [-0.39, 0.29) is 17.7 Å². The van der Waals surface area contributed by atoms with Gasteiger partial charge in [0.1, 0.15) is 0 Å². The van der Waals surface area contributed by atoms with Crippen molar-refractivity contribution in [3.8, 4) is 0 Å². The second kappa shape index (κ2) is 6.60. The van der Waals surface area contributed by atoms with Gasteiger partial charge < -0.3 is 14.7 Å². The molecule has 2 fully saturated rings. The Morgan fingerprint density at radius 2 is 1.74 bits per heavy atom. The van der Waals surface area contributed by atoms with Crippen LogP contribution in [0, 0.1) is 5.92 Å². The van der Waals surface area contributed by atoms with E-state index in [0.717, 1.165) is 43.6 Å². The van der Waals surface area contributed by atoms with Crippen molar-refractivity contribution in [1.29, 1.82) is 0 Å². The van der Waals surface area contributed by atoms with Crippen molar-refractivity contribution >= 4 is 17.5 Å². The molecular weight excluding hydrogens is 290 g/mol. The Morgan fingerprint density at radius 3 is 2.43 bits per heavy atom. The predicted molar refractivity (Wildman–Crippen MR) is 90.6 cm³/mol. The van der Waals surface area contributed by atoms with Gasteiger partial charge in [-0.2, -0.15) is 0 Å². The molecule has 124 valence electrons. The first-order chi connectivity index (χ1) is 11.1. The predicted octanol–water partition coefficient (Wildman–Crippen LogP) is 1.84. The van der Waals surface area contributed by atoms with Crippen molar-refractivity contribution in [3.63, 3.8) is 0 Å². The molecule has 0 N–H and O–H groups in total. The van der Waals surface area contributed by atoms with Crippen molar-refractivity contribution in [2.75, 3.05) is 45.2 Å². The third-order valence-corrected chi connectivity index (χ3v) is 4.63. The third kappa shape index (κ3) is 3.66. The first kappa shape index (κ1) is 15.8. The van der Waals surface area contributed by atoms with Crippen LogP contribution >= 0.6 is 0 Å². The van der Waals surface area contributed by atoms with Crippen LogP contribution in [-0.4, -0.2) is 61.9 Å². The maximum atomic E-state index is 12.8. The van der Waals surface area contributed by atoms with Crippen LogP contribution in [0.15, 0.2) is 24.3 Å². The van der Waals surface area contributed by atoms with Crippen molar-refractivity contribution in [1.82, 2.24) is 9.80 Å². The van der Waals surface area contributed by atoms with Gasteiger partial charge in [-0.3, -0.25) is 9.59 Å². The lowest BCUT2D eigenvalue weighted by atomic mass is 10.1. The summed E-state index contributed by atoms with van der Waals surface area (Å²) in [5.74, 6) is 0.609. The maximum absolute atomic E-state index is 12.8. The second-order valence-electron chi connectivity index (χ2n) is 6.69. The molecule has 1 aliphatic carbocycles. The SMILES string of the molecule is CN(C)c1cccc(C(=O)N2CCCN(C(=O)C3CC3)CC2)c1. The number of anilines is 1. The number of benzene rings is 1. The summed E-state index contributed by atoms with van der Waals surface area (Å²) in [6.45, 7) is 2.79. The molecule has 1 saturated carbocycles. The summed E-state index contributed by atoms with van der Waals surface area (Å²) < 4.78 is 0. The molecule has 3 rings (SSSR count). The van der Waals surface area contributed by atoms with Gasteiger partial charge in [0, 0.05) is 57.4 Å². The highest BCUT2D eigenvalue weighted by Crippen LogP contribution is 2.31. The Bertz CT molecular complexity index is 596. The van der Waals surface area contributed by atoms with Gasteiger partial charge in [-0.15, -0.1) is 0 Å². The summed E-state index contributed by atoms with van der Waals surface area (Å²) in [5.41, 5.74) is 1.74. The molecule has 1 aromatic rings. The monoisotopic (exact) mass is 315 g/mol. The van der Waals surface area contributed by atoms with Crippen LogP contribution in [0.4, 0.5) is 5.69 Å². The summed E-state index contributed by atoms with van der Waals surface area (Å²) in [6.07, 6.45) is 2.93. The Labute approximate surface area is 137 Å². The molecule has 1 aromatic carbocycles. The van der Waals surface area contributed by atoms with Gasteiger partial charge in [-0.25, -0.2) is 0 Å². The number of hydrogen-bond acceptors (Lipinski definition) is 3. The van der Waals surface area contributed by atoms with Gasteiger partial charge in [-0.05, 0) is 37.5 Å². The molecule has 2 amide bonds. The van der Waals surface area contributed by atoms with E-state index in [2.05, 4.69) is 0 Å². The average Bonchev–Trinajstić information content (AvgIpc) is 3.40. The number of carbonyl (C=O) groups excluding carboxylic acids is 2. The average molecular weight is 315 g/mol. The van der Waals surface area contributed by atoms with E-state index in [1.54, 1.807) is 0 Å². The highest BCUT2D eigenvalue weighted by molar-refractivity contribution is 5.95. The van der Waals surface area contributed by atoms with Crippen LogP contribution < -0.4 is 4.90 Å². The van der Waals surface area contributed by atoms with Gasteiger partial charge in [0.25, 0.3) is 5.91 Å². The van der Waals surface area contributed by atoms with Gasteiger partial charge in [0.05, 0.1) is 0 Å². The maximum Gasteiger partial charge on any atom is 0.253 e. The fourth-order valence-electron chi connectivity index (χ4n) is 3.03. The number of nitrogens with zero attached hydrogens (tertiary/aromatic N) is 3. The van der Waals surface area contributed by atoms with Crippen LogP contribution in [0.25, 0.3) is 0 Å². The molecule has 5 heteroatoms. The largest absolute Gasteiger partial charge is 0.378 e. The molecule has 2 aliphatic rings. The molecule has 5 nitrogen and oxygen atoms in total. The number of hydrogen-bond donors (Lipinski definition) is 0. The smallest absolute Gasteiger partial charge is 0.253 e. The van der Waals surface area contributed by atoms with Crippen LogP contribution in [-0.2, 0) is 4.79 Å². The molecule has 1 aliphatic heterocycles. The summed E-state index contributed by atoms with van der Waals surface area (Å²) >= 11 is 0. The lowest BCUT2D eigenvalue weighted by molar-refractivity contribution is -0.132. The van der Waals surface area contributed by atoms with E-state index < -0.39 is 0 Å². The molecule has 23 heavy (non-hydrogen) atoms. The zero-order chi connectivity index (χ0) is 16.4. The summed E-state index contributed by atoms with van der Waals surface area (Å²) in [4.78, 5) is 30.8. The Morgan fingerprint density at radius 1 is 1.04 bits per heavy atom. The fraction of sp³-hybridized carbons (Fsp3) is 0.556. The van der Waals surface area contributed by atoms with Crippen molar-refractivity contribution in [2.24, 2.45) is 5.92 Å². The second-order valence-corrected chi connectivity index (χ2v) is 6.69. The molecule has 0 atom stereocenters. The van der Waals surface area contributed by atoms with Gasteiger partial charge >= 0.3 is 0 Å². The third-order valence-electron chi connectivity index (χ3n) is 4.63. The number of amides is 2. The molecule has 0 unspecified atom stereocenters. The topological polar surface area (TPSA) is 43.9 Å². The zero-order valence-electron chi connectivity index (χ0n) is 14.0. The molecule has 1 heterocycles. The van der Waals surface area contributed by atoms with Gasteiger partial charge in [0.2, 0.25) is 5.91 Å². The van der Waals surface area contributed by atoms with E-state index in [4.69, 9.17) is 0 Å². The lowest BCUT2D eigenvalue weighted by Crippen LogP contribution is -2.38. The van der Waals surface area contributed by atoms with E-state index in [1.807, 2.05) is 53.1 Å². The molecule has 0 radical (unpaired) electrons. The fourth-order valence-corrected chi connectivity index (χ4v) is 3.03. The lowest BCUT2D eigenvalue weighted by Gasteiger charge is -2.23. The molecule has 0 bridgehead atoms. The standard InChI is InChI=1S/C18H25N3O2/c1-19(2)16-6-3-5-15(13-16)18(23)21-10-4-9-20(11-12-21)17(22)14-7-8-14/h3,5-6,13-14H,4,7-12H2,1-2H3. The van der Waals surface area contributed by atoms with Gasteiger partial charge in [0.15, 0.2) is 0 Å². The van der Waals surface area contributed by atoms with E-state index >= 15 is 0 Å². The Hall–Kier alpha value is -2.04. The van der Waals surface area contributed by atoms with Gasteiger partial charge in [-0.1, -0.05) is 6.07 Å². The number of carbonyl (C=O) groups is 2. The molecule has 0 aromatic heterocycles. The Kier molecular flexibility index (Phi) is 4.55. The van der Waals surface area contributed by atoms with Crippen LogP contribution in [0.3, 0.4) is 0 Å². The molecule has 0 spiro atoms. The molecule has 1 saturated heterocycles. The first-order valence-corrected chi connectivity index (χ1v) is 8.41. The van der Waals surface area contributed by atoms with Crippen molar-refractivity contribution in [3.05, 3.63) is 29.8 Å². The zero-order valence-corrected chi connectivity index (χ0v) is 14.0. The highest BCUT2D eigenvalue weighted by atomic mass is 16.2. The van der Waals surface area contributed by atoms with Crippen molar-refractivity contribution in [2.45, 2.75) is 19.3 Å².